The zero-order chi connectivity index (χ0) is 6.69. The van der Waals surface area contributed by atoms with Gasteiger partial charge in [0, 0.05) is 27.2 Å². The van der Waals surface area contributed by atoms with Gasteiger partial charge in [0.05, 0.1) is 0 Å². The molecule has 52 valence electrons. The van der Waals surface area contributed by atoms with E-state index in [1.54, 1.807) is 0 Å². The van der Waals surface area contributed by atoms with E-state index in [2.05, 4.69) is 10.4 Å². The summed E-state index contributed by atoms with van der Waals surface area (Å²) in [6, 6.07) is 0. The molecule has 1 heterocycles. The van der Waals surface area contributed by atoms with Gasteiger partial charge in [-0.1, -0.05) is 10.4 Å². The number of nitrogens with zero attached hydrogens (tertiary/aromatic N) is 4. The van der Waals surface area contributed by atoms with Crippen molar-refractivity contribution in [2.24, 2.45) is 10.4 Å². The van der Waals surface area contributed by atoms with Crippen molar-refractivity contribution >= 4 is 0 Å². The topological polar surface area (TPSA) is 31.2 Å². The molecule has 1 aliphatic rings. The fourth-order valence-corrected chi connectivity index (χ4v) is 0.754. The number of rotatable bonds is 0. The van der Waals surface area contributed by atoms with Gasteiger partial charge in [0.15, 0.2) is 0 Å². The maximum absolute atomic E-state index is 3.89. The molecule has 0 spiro atoms. The molecule has 9 heavy (non-hydrogen) atoms. The van der Waals surface area contributed by atoms with E-state index in [1.165, 1.54) is 0 Å². The second kappa shape index (κ2) is 2.66. The Kier molecular flexibility index (Phi) is 1.87. The predicted molar refractivity (Wildman–Crippen MR) is 34.7 cm³/mol. The van der Waals surface area contributed by atoms with Gasteiger partial charge in [0.1, 0.15) is 0 Å². The quantitative estimate of drug-likeness (QED) is 0.476. The van der Waals surface area contributed by atoms with Gasteiger partial charge < -0.3 is 0 Å². The highest BCUT2D eigenvalue weighted by Crippen LogP contribution is 1.98. The van der Waals surface area contributed by atoms with Crippen molar-refractivity contribution in [3.8, 4) is 0 Å². The first-order valence-electron chi connectivity index (χ1n) is 3.13. The minimum Gasteiger partial charge on any atom is -0.280 e. The van der Waals surface area contributed by atoms with E-state index in [0.29, 0.717) is 0 Å². The summed E-state index contributed by atoms with van der Waals surface area (Å²) >= 11 is 0. The van der Waals surface area contributed by atoms with E-state index in [9.17, 15) is 0 Å². The molecule has 0 aromatic rings. The lowest BCUT2D eigenvalue weighted by atomic mass is 10.4. The summed E-state index contributed by atoms with van der Waals surface area (Å²) in [6.45, 7) is 2.02. The standard InChI is InChI=1S/C5H12N4/c1-8-4-3-5-9(2)7-6-8/h3-5H2,1-2H3. The summed E-state index contributed by atoms with van der Waals surface area (Å²) < 4.78 is 0. The zero-order valence-corrected chi connectivity index (χ0v) is 5.91. The second-order valence-corrected chi connectivity index (χ2v) is 2.29. The summed E-state index contributed by atoms with van der Waals surface area (Å²) in [5, 5.41) is 11.5. The Morgan fingerprint density at radius 2 is 1.44 bits per heavy atom. The second-order valence-electron chi connectivity index (χ2n) is 2.29. The molecule has 0 saturated carbocycles. The van der Waals surface area contributed by atoms with Crippen molar-refractivity contribution in [1.29, 1.82) is 0 Å². The Bertz CT molecular complexity index is 99.5. The van der Waals surface area contributed by atoms with E-state index in [-0.39, 0.29) is 0 Å². The van der Waals surface area contributed by atoms with Crippen molar-refractivity contribution in [3.63, 3.8) is 0 Å². The molecule has 4 heteroatoms. The highest BCUT2D eigenvalue weighted by Gasteiger charge is 2.01. The third kappa shape index (κ3) is 1.87. The maximum Gasteiger partial charge on any atom is 0.0392 e. The van der Waals surface area contributed by atoms with Crippen LogP contribution in [0, 0.1) is 0 Å². The average molecular weight is 128 g/mol. The van der Waals surface area contributed by atoms with E-state index < -0.39 is 0 Å². The molecule has 0 aromatic carbocycles. The molecule has 0 unspecified atom stereocenters. The predicted octanol–water partition coefficient (Wildman–Crippen LogP) is 0.536. The molecule has 1 rings (SSSR count). The van der Waals surface area contributed by atoms with Crippen LogP contribution in [0.15, 0.2) is 10.4 Å². The lowest BCUT2D eigenvalue weighted by Gasteiger charge is -2.04. The van der Waals surface area contributed by atoms with Crippen LogP contribution in [-0.4, -0.2) is 37.2 Å². The SMILES string of the molecule is CN1CCCN(C)N=N1. The molecule has 0 N–H and O–H groups in total. The van der Waals surface area contributed by atoms with Crippen LogP contribution in [0.5, 0.6) is 0 Å². The lowest BCUT2D eigenvalue weighted by Crippen LogP contribution is -2.13. The van der Waals surface area contributed by atoms with Crippen LogP contribution in [0.4, 0.5) is 0 Å². The molecule has 1 aliphatic heterocycles. The summed E-state index contributed by atoms with van der Waals surface area (Å²) in [4.78, 5) is 0. The largest absolute Gasteiger partial charge is 0.280 e. The fourth-order valence-electron chi connectivity index (χ4n) is 0.754. The monoisotopic (exact) mass is 128 g/mol. The molecule has 0 atom stereocenters. The molecular weight excluding hydrogens is 116 g/mol. The van der Waals surface area contributed by atoms with E-state index in [1.807, 2.05) is 24.1 Å². The highest BCUT2D eigenvalue weighted by molar-refractivity contribution is 4.50. The van der Waals surface area contributed by atoms with Gasteiger partial charge in [0.2, 0.25) is 0 Å². The molecule has 0 aromatic heterocycles. The first-order chi connectivity index (χ1) is 4.29. The van der Waals surface area contributed by atoms with E-state index in [4.69, 9.17) is 0 Å². The first-order valence-corrected chi connectivity index (χ1v) is 3.13. The maximum atomic E-state index is 3.89. The van der Waals surface area contributed by atoms with Crippen molar-refractivity contribution in [1.82, 2.24) is 10.0 Å². The van der Waals surface area contributed by atoms with Crippen LogP contribution in [0.2, 0.25) is 0 Å². The first kappa shape index (κ1) is 6.32. The average Bonchev–Trinajstić information content (AvgIpc) is 1.97. The van der Waals surface area contributed by atoms with Crippen LogP contribution in [0.3, 0.4) is 0 Å². The lowest BCUT2D eigenvalue weighted by molar-refractivity contribution is 0.312. The van der Waals surface area contributed by atoms with E-state index in [0.717, 1.165) is 19.5 Å². The van der Waals surface area contributed by atoms with Crippen molar-refractivity contribution in [2.45, 2.75) is 6.42 Å². The van der Waals surface area contributed by atoms with Crippen LogP contribution in [-0.2, 0) is 0 Å². The third-order valence-electron chi connectivity index (χ3n) is 1.31. The minimum absolute atomic E-state index is 1.01. The number of hydrogen-bond acceptors (Lipinski definition) is 4. The normalized spacial score (nSPS) is 20.2. The van der Waals surface area contributed by atoms with Gasteiger partial charge in [-0.05, 0) is 6.42 Å². The van der Waals surface area contributed by atoms with Crippen LogP contribution < -0.4 is 0 Å². The van der Waals surface area contributed by atoms with Crippen LogP contribution in [0.25, 0.3) is 0 Å². The number of hydrogen-bond donors (Lipinski definition) is 0. The zero-order valence-electron chi connectivity index (χ0n) is 5.91. The van der Waals surface area contributed by atoms with Gasteiger partial charge >= 0.3 is 0 Å². The molecule has 0 saturated heterocycles. The molecule has 0 radical (unpaired) electrons. The van der Waals surface area contributed by atoms with Crippen molar-refractivity contribution in [3.05, 3.63) is 0 Å². The van der Waals surface area contributed by atoms with Gasteiger partial charge in [-0.2, -0.15) is 0 Å². The van der Waals surface area contributed by atoms with Gasteiger partial charge in [-0.25, -0.2) is 0 Å². The molecule has 0 fully saturated rings. The minimum atomic E-state index is 1.01. The molecule has 0 aliphatic carbocycles. The molecule has 0 bridgehead atoms. The molecule has 0 amide bonds. The van der Waals surface area contributed by atoms with Gasteiger partial charge in [-0.3, -0.25) is 10.0 Å². The smallest absolute Gasteiger partial charge is 0.0392 e. The molecular formula is C5H12N4. The summed E-state index contributed by atoms with van der Waals surface area (Å²) in [7, 11) is 3.87. The van der Waals surface area contributed by atoms with E-state index >= 15 is 0 Å². The Balaban J connectivity index is 2.43. The summed E-state index contributed by atoms with van der Waals surface area (Å²) in [5.41, 5.74) is 0. The Morgan fingerprint density at radius 1 is 1.00 bits per heavy atom. The van der Waals surface area contributed by atoms with Crippen molar-refractivity contribution < 1.29 is 0 Å². The van der Waals surface area contributed by atoms with Crippen LogP contribution in [0.1, 0.15) is 6.42 Å². The Hall–Kier alpha value is -0.800. The summed E-state index contributed by atoms with van der Waals surface area (Å²) in [5.74, 6) is 0. The third-order valence-corrected chi connectivity index (χ3v) is 1.31. The van der Waals surface area contributed by atoms with Gasteiger partial charge in [0.25, 0.3) is 0 Å². The summed E-state index contributed by atoms with van der Waals surface area (Å²) in [6.07, 6.45) is 1.14. The van der Waals surface area contributed by atoms with Crippen LogP contribution >= 0.6 is 0 Å². The molecule has 4 nitrogen and oxygen atoms in total. The highest BCUT2D eigenvalue weighted by atomic mass is 15.7. The van der Waals surface area contributed by atoms with Crippen molar-refractivity contribution in [2.75, 3.05) is 27.2 Å². The van der Waals surface area contributed by atoms with Gasteiger partial charge in [-0.15, -0.1) is 0 Å². The Morgan fingerprint density at radius 3 is 1.89 bits per heavy atom. The fraction of sp³-hybridized carbons (Fsp3) is 1.00. The Labute approximate surface area is 55.1 Å².